The highest BCUT2D eigenvalue weighted by Gasteiger charge is 2.35. The number of nitrogens with zero attached hydrogens (tertiary/aromatic N) is 5. The zero-order valence-corrected chi connectivity index (χ0v) is 21.0. The lowest BCUT2D eigenvalue weighted by Crippen LogP contribution is -2.41. The summed E-state index contributed by atoms with van der Waals surface area (Å²) in [5, 5.41) is 5.03. The maximum absolute atomic E-state index is 13.5. The first-order chi connectivity index (χ1) is 17.2. The van der Waals surface area contributed by atoms with Gasteiger partial charge in [-0.2, -0.15) is 5.10 Å². The van der Waals surface area contributed by atoms with Crippen molar-refractivity contribution in [3.05, 3.63) is 35.5 Å². The summed E-state index contributed by atoms with van der Waals surface area (Å²) >= 11 is 1.80. The molecule has 4 aliphatic heterocycles. The molecule has 0 radical (unpaired) electrons. The van der Waals surface area contributed by atoms with E-state index in [4.69, 9.17) is 9.84 Å². The van der Waals surface area contributed by atoms with Gasteiger partial charge < -0.3 is 14.5 Å². The zero-order valence-electron chi connectivity index (χ0n) is 20.2. The Labute approximate surface area is 210 Å². The zero-order chi connectivity index (χ0) is 23.8. The molecule has 188 valence electrons. The molecule has 1 amide bonds. The summed E-state index contributed by atoms with van der Waals surface area (Å²) in [4.78, 5) is 21.6. The summed E-state index contributed by atoms with van der Waals surface area (Å²) in [7, 11) is 0. The molecule has 0 spiro atoms. The lowest BCUT2D eigenvalue weighted by Gasteiger charge is -2.30. The fraction of sp³-hybridized carbons (Fsp3) is 0.615. The summed E-state index contributed by atoms with van der Waals surface area (Å²) in [6.45, 7) is 8.14. The van der Waals surface area contributed by atoms with Crippen LogP contribution in [0, 0.1) is 0 Å². The second kappa shape index (κ2) is 10.2. The number of ether oxygens (including phenoxy) is 1. The average Bonchev–Trinajstić information content (AvgIpc) is 3.53. The van der Waals surface area contributed by atoms with Crippen LogP contribution in [0.5, 0.6) is 0 Å². The molecule has 7 nitrogen and oxygen atoms in total. The van der Waals surface area contributed by atoms with Crippen molar-refractivity contribution in [3.63, 3.8) is 0 Å². The molecule has 4 aliphatic rings. The summed E-state index contributed by atoms with van der Waals surface area (Å²) in [6, 6.07) is 8.76. The normalized spacial score (nSPS) is 23.9. The minimum absolute atomic E-state index is 0.0365. The minimum Gasteiger partial charge on any atom is -0.378 e. The molecule has 0 saturated carbocycles. The van der Waals surface area contributed by atoms with Crippen LogP contribution in [0.15, 0.2) is 29.2 Å². The van der Waals surface area contributed by atoms with Crippen molar-refractivity contribution in [1.82, 2.24) is 24.5 Å². The van der Waals surface area contributed by atoms with Crippen molar-refractivity contribution >= 4 is 17.7 Å². The Morgan fingerprint density at radius 1 is 1.03 bits per heavy atom. The molecule has 3 saturated heterocycles. The van der Waals surface area contributed by atoms with Crippen molar-refractivity contribution < 1.29 is 13.9 Å². The number of fused-ring (bicyclic) bond motifs is 3. The van der Waals surface area contributed by atoms with Crippen molar-refractivity contribution in [2.24, 2.45) is 0 Å². The van der Waals surface area contributed by atoms with Gasteiger partial charge in [-0.15, -0.1) is 11.8 Å². The predicted octanol–water partition coefficient (Wildman–Crippen LogP) is 3.31. The molecule has 2 aromatic rings. The number of morpholine rings is 1. The molecular weight excluding hydrogens is 465 g/mol. The second-order valence-corrected chi connectivity index (χ2v) is 11.1. The van der Waals surface area contributed by atoms with Crippen LogP contribution in [0.1, 0.15) is 41.4 Å². The molecule has 1 aromatic carbocycles. The number of piperidine rings is 1. The largest absolute Gasteiger partial charge is 0.378 e. The maximum atomic E-state index is 13.5. The number of rotatable bonds is 5. The maximum Gasteiger partial charge on any atom is 0.274 e. The molecule has 0 bridgehead atoms. The molecular formula is C26H34FN5O2S. The van der Waals surface area contributed by atoms with Gasteiger partial charge >= 0.3 is 0 Å². The number of benzene rings is 1. The number of alkyl halides is 1. The van der Waals surface area contributed by atoms with Crippen LogP contribution in [-0.2, 0) is 10.5 Å². The smallest absolute Gasteiger partial charge is 0.274 e. The van der Waals surface area contributed by atoms with Gasteiger partial charge in [0.2, 0.25) is 0 Å². The lowest BCUT2D eigenvalue weighted by molar-refractivity contribution is 0.0297. The molecule has 6 rings (SSSR count). The highest BCUT2D eigenvalue weighted by Crippen LogP contribution is 2.44. The van der Waals surface area contributed by atoms with E-state index in [0.717, 1.165) is 62.7 Å². The van der Waals surface area contributed by atoms with Crippen LogP contribution in [0.25, 0.3) is 11.3 Å². The van der Waals surface area contributed by atoms with Gasteiger partial charge in [0.05, 0.1) is 24.9 Å². The molecule has 0 unspecified atom stereocenters. The van der Waals surface area contributed by atoms with Crippen LogP contribution < -0.4 is 0 Å². The van der Waals surface area contributed by atoms with Gasteiger partial charge in [-0.3, -0.25) is 14.4 Å². The number of thioether (sulfide) groups is 1. The topological polar surface area (TPSA) is 53.8 Å². The number of halogens is 1. The SMILES string of the molecule is O=C(c1nn([C@@H]2CCN(CCN3CCC(F)CC3)C2)c2c1CSc1ccccc1-2)N1CCOCC1. The highest BCUT2D eigenvalue weighted by atomic mass is 32.2. The van der Waals surface area contributed by atoms with Gasteiger partial charge in [-0.1, -0.05) is 18.2 Å². The first-order valence-corrected chi connectivity index (χ1v) is 14.0. The third-order valence-electron chi connectivity index (χ3n) is 7.87. The summed E-state index contributed by atoms with van der Waals surface area (Å²) in [5.74, 6) is 0.813. The number of carbonyl (C=O) groups excluding carboxylic acids is 1. The van der Waals surface area contributed by atoms with Crippen molar-refractivity contribution in [2.75, 3.05) is 65.6 Å². The Kier molecular flexibility index (Phi) is 6.84. The van der Waals surface area contributed by atoms with Gasteiger partial charge in [-0.25, -0.2) is 4.39 Å². The van der Waals surface area contributed by atoms with Gasteiger partial charge in [0.25, 0.3) is 5.91 Å². The van der Waals surface area contributed by atoms with Crippen molar-refractivity contribution in [3.8, 4) is 11.3 Å². The van der Waals surface area contributed by atoms with E-state index in [2.05, 4.69) is 38.7 Å². The van der Waals surface area contributed by atoms with Crippen molar-refractivity contribution in [2.45, 2.75) is 42.1 Å². The van der Waals surface area contributed by atoms with Gasteiger partial charge in [0.1, 0.15) is 6.17 Å². The Hall–Kier alpha value is -1.94. The highest BCUT2D eigenvalue weighted by molar-refractivity contribution is 7.98. The first-order valence-electron chi connectivity index (χ1n) is 13.0. The summed E-state index contributed by atoms with van der Waals surface area (Å²) in [6.07, 6.45) is 1.74. The fourth-order valence-electron chi connectivity index (χ4n) is 5.80. The van der Waals surface area contributed by atoms with E-state index in [1.165, 1.54) is 10.5 Å². The number of hydrogen-bond acceptors (Lipinski definition) is 6. The molecule has 9 heteroatoms. The molecule has 35 heavy (non-hydrogen) atoms. The third kappa shape index (κ3) is 4.75. The second-order valence-electron chi connectivity index (χ2n) is 10.1. The number of aromatic nitrogens is 2. The summed E-state index contributed by atoms with van der Waals surface area (Å²) in [5.41, 5.74) is 4.03. The Bertz CT molecular complexity index is 1060. The summed E-state index contributed by atoms with van der Waals surface area (Å²) < 4.78 is 21.1. The molecule has 1 aromatic heterocycles. The predicted molar refractivity (Wildman–Crippen MR) is 135 cm³/mol. The Morgan fingerprint density at radius 2 is 1.77 bits per heavy atom. The minimum atomic E-state index is -0.621. The Balaban J connectivity index is 1.24. The quantitative estimate of drug-likeness (QED) is 0.629. The molecule has 0 aliphatic carbocycles. The van der Waals surface area contributed by atoms with Crippen LogP contribution in [0.3, 0.4) is 0 Å². The van der Waals surface area contributed by atoms with E-state index in [1.54, 1.807) is 11.8 Å². The Morgan fingerprint density at radius 3 is 2.60 bits per heavy atom. The van der Waals surface area contributed by atoms with E-state index in [9.17, 15) is 9.18 Å². The van der Waals surface area contributed by atoms with Crippen LogP contribution >= 0.6 is 11.8 Å². The van der Waals surface area contributed by atoms with Gasteiger partial charge in [0, 0.05) is 74.1 Å². The average molecular weight is 500 g/mol. The number of amides is 1. The molecule has 5 heterocycles. The third-order valence-corrected chi connectivity index (χ3v) is 8.97. The molecule has 0 N–H and O–H groups in total. The van der Waals surface area contributed by atoms with E-state index in [-0.39, 0.29) is 11.9 Å². The van der Waals surface area contributed by atoms with Crippen LogP contribution in [0.2, 0.25) is 0 Å². The standard InChI is InChI=1S/C26H34FN5O2S/c27-19-5-8-29(9-6-19)11-12-30-10-7-20(17-30)32-25-21-3-1-2-4-23(21)35-18-22(25)24(28-32)26(33)31-13-15-34-16-14-31/h1-4,19-20H,5-18H2/t20-/m1/s1. The lowest BCUT2D eigenvalue weighted by atomic mass is 10.0. The van der Waals surface area contributed by atoms with E-state index in [1.807, 2.05) is 4.90 Å². The number of likely N-dealkylation sites (tertiary alicyclic amines) is 2. The van der Waals surface area contributed by atoms with Crippen LogP contribution in [-0.4, -0.2) is 102 Å². The van der Waals surface area contributed by atoms with E-state index < -0.39 is 6.17 Å². The molecule has 1 atom stereocenters. The van der Waals surface area contributed by atoms with Crippen LogP contribution in [0.4, 0.5) is 4.39 Å². The fourth-order valence-corrected chi connectivity index (χ4v) is 6.87. The first kappa shape index (κ1) is 23.5. The number of hydrogen-bond donors (Lipinski definition) is 0. The number of carbonyl (C=O) groups is 1. The van der Waals surface area contributed by atoms with Crippen molar-refractivity contribution in [1.29, 1.82) is 0 Å². The molecule has 3 fully saturated rings. The monoisotopic (exact) mass is 499 g/mol. The van der Waals surface area contributed by atoms with E-state index in [0.29, 0.717) is 44.8 Å². The van der Waals surface area contributed by atoms with Gasteiger partial charge in [-0.05, 0) is 25.3 Å². The van der Waals surface area contributed by atoms with Gasteiger partial charge in [0.15, 0.2) is 5.69 Å². The van der Waals surface area contributed by atoms with E-state index >= 15 is 0 Å².